The lowest BCUT2D eigenvalue weighted by Gasteiger charge is -2.13. The SMILES string of the molecule is COC(=O)c1ccccc1NC(=O)c1oc2c(c1C)/C(=N/NC(=O)c1ccccn1)CCC2. The number of rotatable bonds is 5. The number of para-hydroxylation sites is 1. The standard InChI is InChI=1S/C24H22N4O5/c1-14-20-17(27-28-22(29)18-10-5-6-13-25-18)11-7-12-19(20)33-21(14)23(30)26-16-9-4-3-8-15(16)24(31)32-2/h3-6,8-10,13H,7,11-12H2,1-2H3,(H,26,30)(H,28,29)/b27-17+. The average molecular weight is 446 g/mol. The van der Waals surface area contributed by atoms with Crippen molar-refractivity contribution in [1.82, 2.24) is 10.4 Å². The number of amides is 2. The largest absolute Gasteiger partial charge is 0.465 e. The highest BCUT2D eigenvalue weighted by atomic mass is 16.5. The van der Waals surface area contributed by atoms with Crippen molar-refractivity contribution in [2.45, 2.75) is 26.2 Å². The van der Waals surface area contributed by atoms with Gasteiger partial charge in [-0.1, -0.05) is 18.2 Å². The van der Waals surface area contributed by atoms with Crippen LogP contribution in [0.1, 0.15) is 61.1 Å². The van der Waals surface area contributed by atoms with Crippen LogP contribution in [0.15, 0.2) is 58.2 Å². The minimum atomic E-state index is -0.556. The molecule has 3 aromatic rings. The molecule has 168 valence electrons. The molecule has 0 spiro atoms. The molecule has 4 rings (SSSR count). The van der Waals surface area contributed by atoms with E-state index in [4.69, 9.17) is 9.15 Å². The van der Waals surface area contributed by atoms with E-state index < -0.39 is 17.8 Å². The zero-order valence-electron chi connectivity index (χ0n) is 18.2. The Balaban J connectivity index is 1.59. The van der Waals surface area contributed by atoms with Crippen molar-refractivity contribution in [2.75, 3.05) is 12.4 Å². The molecule has 9 heteroatoms. The number of esters is 1. The number of hydrogen-bond acceptors (Lipinski definition) is 7. The van der Waals surface area contributed by atoms with E-state index in [-0.39, 0.29) is 17.0 Å². The van der Waals surface area contributed by atoms with Gasteiger partial charge in [-0.25, -0.2) is 10.2 Å². The minimum Gasteiger partial charge on any atom is -0.465 e. The Labute approximate surface area is 189 Å². The molecular formula is C24H22N4O5. The van der Waals surface area contributed by atoms with Gasteiger partial charge in [-0.05, 0) is 44.0 Å². The normalized spacial score (nSPS) is 13.8. The van der Waals surface area contributed by atoms with E-state index in [0.29, 0.717) is 41.1 Å². The van der Waals surface area contributed by atoms with E-state index in [9.17, 15) is 14.4 Å². The molecule has 33 heavy (non-hydrogen) atoms. The van der Waals surface area contributed by atoms with Crippen LogP contribution in [0.2, 0.25) is 0 Å². The number of carbonyl (C=O) groups excluding carboxylic acids is 3. The van der Waals surface area contributed by atoms with Crippen LogP contribution in [0.3, 0.4) is 0 Å². The molecule has 0 saturated heterocycles. The Hall–Kier alpha value is -4.27. The summed E-state index contributed by atoms with van der Waals surface area (Å²) in [5.74, 6) is -0.704. The van der Waals surface area contributed by atoms with Crippen LogP contribution in [0.5, 0.6) is 0 Å². The average Bonchev–Trinajstić information content (AvgIpc) is 3.20. The molecule has 0 bridgehead atoms. The van der Waals surface area contributed by atoms with Crippen LogP contribution in [0.4, 0.5) is 5.69 Å². The molecule has 0 fully saturated rings. The summed E-state index contributed by atoms with van der Waals surface area (Å²) in [7, 11) is 1.28. The van der Waals surface area contributed by atoms with Crippen molar-refractivity contribution in [1.29, 1.82) is 0 Å². The second-order valence-corrected chi connectivity index (χ2v) is 7.41. The zero-order valence-corrected chi connectivity index (χ0v) is 18.2. The lowest BCUT2D eigenvalue weighted by Crippen LogP contribution is -2.23. The molecular weight excluding hydrogens is 424 g/mol. The van der Waals surface area contributed by atoms with E-state index in [1.165, 1.54) is 13.3 Å². The number of ether oxygens (including phenoxy) is 1. The lowest BCUT2D eigenvalue weighted by atomic mass is 9.93. The number of anilines is 1. The first-order valence-electron chi connectivity index (χ1n) is 10.4. The number of aromatic nitrogens is 1. The van der Waals surface area contributed by atoms with Crippen molar-refractivity contribution >= 4 is 29.2 Å². The van der Waals surface area contributed by atoms with Gasteiger partial charge in [0.1, 0.15) is 11.5 Å². The van der Waals surface area contributed by atoms with Gasteiger partial charge in [0.05, 0.1) is 24.1 Å². The fourth-order valence-corrected chi connectivity index (χ4v) is 3.73. The molecule has 1 aliphatic rings. The Kier molecular flexibility index (Phi) is 6.30. The van der Waals surface area contributed by atoms with Crippen molar-refractivity contribution in [2.24, 2.45) is 5.10 Å². The Morgan fingerprint density at radius 1 is 1.06 bits per heavy atom. The summed E-state index contributed by atoms with van der Waals surface area (Å²) < 4.78 is 10.7. The summed E-state index contributed by atoms with van der Waals surface area (Å²) in [5.41, 5.74) is 5.31. The second-order valence-electron chi connectivity index (χ2n) is 7.41. The fourth-order valence-electron chi connectivity index (χ4n) is 3.73. The number of nitrogens with zero attached hydrogens (tertiary/aromatic N) is 2. The Morgan fingerprint density at radius 2 is 1.85 bits per heavy atom. The number of carbonyl (C=O) groups is 3. The first-order chi connectivity index (χ1) is 16.0. The van der Waals surface area contributed by atoms with E-state index in [1.807, 2.05) is 0 Å². The molecule has 0 radical (unpaired) electrons. The molecule has 0 atom stereocenters. The van der Waals surface area contributed by atoms with Gasteiger partial charge in [-0.3, -0.25) is 14.6 Å². The highest BCUT2D eigenvalue weighted by molar-refractivity contribution is 6.11. The molecule has 9 nitrogen and oxygen atoms in total. The molecule has 2 amide bonds. The first kappa shape index (κ1) is 21.9. The number of methoxy groups -OCH3 is 1. The monoisotopic (exact) mass is 446 g/mol. The maximum atomic E-state index is 13.0. The third kappa shape index (κ3) is 4.52. The minimum absolute atomic E-state index is 0.130. The quantitative estimate of drug-likeness (QED) is 0.457. The maximum absolute atomic E-state index is 13.0. The van der Waals surface area contributed by atoms with Gasteiger partial charge in [0.2, 0.25) is 0 Å². The molecule has 1 aliphatic carbocycles. The van der Waals surface area contributed by atoms with Gasteiger partial charge in [0.25, 0.3) is 11.8 Å². The zero-order chi connectivity index (χ0) is 23.4. The number of hydrogen-bond donors (Lipinski definition) is 2. The molecule has 0 unspecified atom stereocenters. The van der Waals surface area contributed by atoms with Crippen LogP contribution in [-0.2, 0) is 11.2 Å². The molecule has 0 aliphatic heterocycles. The summed E-state index contributed by atoms with van der Waals surface area (Å²) in [5, 5.41) is 7.02. The number of fused-ring (bicyclic) bond motifs is 1. The van der Waals surface area contributed by atoms with Crippen LogP contribution < -0.4 is 10.7 Å². The van der Waals surface area contributed by atoms with Crippen LogP contribution in [0, 0.1) is 6.92 Å². The fraction of sp³-hybridized carbons (Fsp3) is 0.208. The Bertz CT molecular complexity index is 1250. The first-order valence-corrected chi connectivity index (χ1v) is 10.4. The number of nitrogens with one attached hydrogen (secondary N) is 2. The van der Waals surface area contributed by atoms with Crippen LogP contribution in [-0.4, -0.2) is 35.6 Å². The lowest BCUT2D eigenvalue weighted by molar-refractivity contribution is 0.0601. The van der Waals surface area contributed by atoms with Gasteiger partial charge in [0, 0.05) is 23.7 Å². The smallest absolute Gasteiger partial charge is 0.339 e. The summed E-state index contributed by atoms with van der Waals surface area (Å²) in [4.78, 5) is 41.3. The van der Waals surface area contributed by atoms with E-state index in [1.54, 1.807) is 49.4 Å². The molecule has 1 aromatic carbocycles. The van der Waals surface area contributed by atoms with Gasteiger partial charge >= 0.3 is 5.97 Å². The summed E-state index contributed by atoms with van der Waals surface area (Å²) in [6.45, 7) is 1.77. The summed E-state index contributed by atoms with van der Waals surface area (Å²) in [6.07, 6.45) is 3.58. The molecule has 0 saturated carbocycles. The van der Waals surface area contributed by atoms with E-state index in [0.717, 1.165) is 6.42 Å². The number of hydrazone groups is 1. The van der Waals surface area contributed by atoms with Gasteiger partial charge in [-0.2, -0.15) is 5.10 Å². The van der Waals surface area contributed by atoms with Crippen LogP contribution >= 0.6 is 0 Å². The van der Waals surface area contributed by atoms with Crippen molar-refractivity contribution in [3.8, 4) is 0 Å². The van der Waals surface area contributed by atoms with Gasteiger partial charge in [0.15, 0.2) is 5.76 Å². The van der Waals surface area contributed by atoms with Crippen molar-refractivity contribution in [3.05, 3.63) is 82.6 Å². The number of aryl methyl sites for hydroxylation is 1. The third-order valence-corrected chi connectivity index (χ3v) is 5.30. The van der Waals surface area contributed by atoms with E-state index in [2.05, 4.69) is 20.8 Å². The molecule has 2 N–H and O–H groups in total. The Morgan fingerprint density at radius 3 is 2.61 bits per heavy atom. The predicted octanol–water partition coefficient (Wildman–Crippen LogP) is 3.49. The maximum Gasteiger partial charge on any atom is 0.339 e. The van der Waals surface area contributed by atoms with Gasteiger partial charge < -0.3 is 14.5 Å². The topological polar surface area (TPSA) is 123 Å². The highest BCUT2D eigenvalue weighted by Crippen LogP contribution is 2.30. The number of pyridine rings is 1. The van der Waals surface area contributed by atoms with Crippen molar-refractivity contribution < 1.29 is 23.5 Å². The predicted molar refractivity (Wildman–Crippen MR) is 120 cm³/mol. The number of furan rings is 1. The van der Waals surface area contributed by atoms with E-state index >= 15 is 0 Å². The molecule has 2 aromatic heterocycles. The van der Waals surface area contributed by atoms with Crippen molar-refractivity contribution in [3.63, 3.8) is 0 Å². The number of benzene rings is 1. The summed E-state index contributed by atoms with van der Waals surface area (Å²) >= 11 is 0. The second kappa shape index (κ2) is 9.47. The summed E-state index contributed by atoms with van der Waals surface area (Å²) in [6, 6.07) is 11.6. The molecule has 2 heterocycles. The van der Waals surface area contributed by atoms with Crippen LogP contribution in [0.25, 0.3) is 0 Å². The third-order valence-electron chi connectivity index (χ3n) is 5.30. The van der Waals surface area contributed by atoms with Gasteiger partial charge in [-0.15, -0.1) is 0 Å². The highest BCUT2D eigenvalue weighted by Gasteiger charge is 2.28.